The number of carboxylic acids is 2. The van der Waals surface area contributed by atoms with Gasteiger partial charge in [-0.2, -0.15) is 0 Å². The minimum Gasteiger partial charge on any atom is -0.481 e. The second-order valence-corrected chi connectivity index (χ2v) is 4.75. The van der Waals surface area contributed by atoms with E-state index in [1.54, 1.807) is 0 Å². The topological polar surface area (TPSA) is 127 Å². The first-order valence-electron chi connectivity index (χ1n) is 7.02. The molecule has 2 aromatic carbocycles. The van der Waals surface area contributed by atoms with Crippen LogP contribution in [0.2, 0.25) is 0 Å². The second-order valence-electron chi connectivity index (χ2n) is 4.75. The van der Waals surface area contributed by atoms with Crippen LogP contribution in [0, 0.1) is 11.8 Å². The molecule has 0 unspecified atom stereocenters. The number of para-hydroxylation sites is 1. The minimum atomic E-state index is -1.29. The number of aliphatic carboxylic acids is 2. The molecule has 0 saturated carbocycles. The number of benzene rings is 2. The van der Waals surface area contributed by atoms with E-state index in [1.807, 2.05) is 54.6 Å². The van der Waals surface area contributed by atoms with Crippen molar-refractivity contribution in [2.24, 2.45) is 5.73 Å². The van der Waals surface area contributed by atoms with E-state index in [2.05, 4.69) is 11.8 Å². The summed E-state index contributed by atoms with van der Waals surface area (Å²) in [6, 6.07) is 16.2. The zero-order valence-corrected chi connectivity index (χ0v) is 12.8. The molecule has 0 fully saturated rings. The number of nitrogens with two attached hydrogens (primary N) is 2. The van der Waals surface area contributed by atoms with E-state index >= 15 is 0 Å². The molecule has 0 heterocycles. The van der Waals surface area contributed by atoms with Crippen LogP contribution in [-0.2, 0) is 9.59 Å². The molecular weight excluding hydrogens is 308 g/mol. The molecule has 2 aromatic rings. The number of nitrogen functional groups attached to an aromatic ring is 1. The summed E-state index contributed by atoms with van der Waals surface area (Å²) in [4.78, 5) is 19.6. The predicted octanol–water partition coefficient (Wildman–Crippen LogP) is 1.54. The molecule has 0 radical (unpaired) electrons. The van der Waals surface area contributed by atoms with Gasteiger partial charge in [0.1, 0.15) is 6.04 Å². The zero-order valence-electron chi connectivity index (χ0n) is 12.8. The molecule has 6 heteroatoms. The molecule has 0 aliphatic heterocycles. The fourth-order valence-corrected chi connectivity index (χ4v) is 1.55. The van der Waals surface area contributed by atoms with Crippen molar-refractivity contribution in [2.45, 2.75) is 12.5 Å². The number of hydrogen-bond donors (Lipinski definition) is 4. The van der Waals surface area contributed by atoms with Gasteiger partial charge in [0.25, 0.3) is 0 Å². The van der Waals surface area contributed by atoms with Gasteiger partial charge < -0.3 is 21.7 Å². The van der Waals surface area contributed by atoms with Crippen molar-refractivity contribution >= 4 is 17.6 Å². The van der Waals surface area contributed by atoms with Crippen LogP contribution in [0.15, 0.2) is 54.6 Å². The third-order valence-electron chi connectivity index (χ3n) is 2.79. The number of rotatable bonds is 3. The summed E-state index contributed by atoms with van der Waals surface area (Å²) in [6.45, 7) is 0. The van der Waals surface area contributed by atoms with Crippen molar-refractivity contribution in [1.29, 1.82) is 0 Å². The normalized spacial score (nSPS) is 10.4. The Hall–Kier alpha value is -3.30. The highest BCUT2D eigenvalue weighted by Crippen LogP contribution is 2.08. The van der Waals surface area contributed by atoms with Crippen LogP contribution in [0.3, 0.4) is 0 Å². The summed E-state index contributed by atoms with van der Waals surface area (Å²) in [5, 5.41) is 16.0. The molecule has 6 nitrogen and oxygen atoms in total. The van der Waals surface area contributed by atoms with Crippen LogP contribution < -0.4 is 11.5 Å². The number of carbonyl (C=O) groups is 2. The highest BCUT2D eigenvalue weighted by Gasteiger charge is 2.14. The molecule has 24 heavy (non-hydrogen) atoms. The fraction of sp³-hybridized carbons (Fsp3) is 0.111. The molecule has 0 aliphatic carbocycles. The molecule has 1 atom stereocenters. The number of hydrogen-bond acceptors (Lipinski definition) is 4. The van der Waals surface area contributed by atoms with Crippen molar-refractivity contribution in [2.75, 3.05) is 5.73 Å². The van der Waals surface area contributed by atoms with Crippen LogP contribution in [0.5, 0.6) is 0 Å². The predicted molar refractivity (Wildman–Crippen MR) is 91.1 cm³/mol. The maximum Gasteiger partial charge on any atom is 0.321 e. The molecule has 0 spiro atoms. The molecule has 0 saturated heterocycles. The maximum atomic E-state index is 9.85. The van der Waals surface area contributed by atoms with Gasteiger partial charge in [0.2, 0.25) is 0 Å². The van der Waals surface area contributed by atoms with Gasteiger partial charge in [-0.05, 0) is 24.3 Å². The average molecular weight is 326 g/mol. The Morgan fingerprint density at radius 3 is 2.04 bits per heavy atom. The van der Waals surface area contributed by atoms with E-state index in [9.17, 15) is 9.59 Å². The Labute approximate surface area is 139 Å². The molecule has 124 valence electrons. The SMILES string of the molecule is N[C@@H](CC(=O)O)C(=O)O.Nc1ccccc1C#Cc1ccccc1. The quantitative estimate of drug-likeness (QED) is 0.500. The molecule has 0 aliphatic rings. The third kappa shape index (κ3) is 7.11. The summed E-state index contributed by atoms with van der Waals surface area (Å²) in [5.74, 6) is 3.63. The van der Waals surface area contributed by atoms with Crippen LogP contribution in [0.1, 0.15) is 17.5 Å². The summed E-state index contributed by atoms with van der Waals surface area (Å²) in [6.07, 6.45) is -0.532. The third-order valence-corrected chi connectivity index (χ3v) is 2.79. The molecule has 0 bridgehead atoms. The second kappa shape index (κ2) is 9.66. The first-order chi connectivity index (χ1) is 11.4. The van der Waals surface area contributed by atoms with Crippen molar-refractivity contribution < 1.29 is 19.8 Å². The Morgan fingerprint density at radius 2 is 1.54 bits per heavy atom. The van der Waals surface area contributed by atoms with Crippen molar-refractivity contribution in [1.82, 2.24) is 0 Å². The van der Waals surface area contributed by atoms with Gasteiger partial charge >= 0.3 is 11.9 Å². The first kappa shape index (κ1) is 18.7. The largest absolute Gasteiger partial charge is 0.481 e. The Morgan fingerprint density at radius 1 is 0.958 bits per heavy atom. The summed E-state index contributed by atoms with van der Waals surface area (Å²) in [7, 11) is 0. The van der Waals surface area contributed by atoms with Gasteiger partial charge in [0.05, 0.1) is 6.42 Å². The molecule has 6 N–H and O–H groups in total. The Bertz CT molecular complexity index is 748. The van der Waals surface area contributed by atoms with Crippen LogP contribution in [0.25, 0.3) is 0 Å². The first-order valence-corrected chi connectivity index (χ1v) is 7.02. The van der Waals surface area contributed by atoms with Crippen LogP contribution in [0.4, 0.5) is 5.69 Å². The Balaban J connectivity index is 0.000000277. The van der Waals surface area contributed by atoms with E-state index in [0.29, 0.717) is 0 Å². The lowest BCUT2D eigenvalue weighted by atomic mass is 10.1. The van der Waals surface area contributed by atoms with Gasteiger partial charge in [-0.25, -0.2) is 0 Å². The van der Waals surface area contributed by atoms with E-state index < -0.39 is 24.4 Å². The van der Waals surface area contributed by atoms with Crippen LogP contribution in [-0.4, -0.2) is 28.2 Å². The van der Waals surface area contributed by atoms with Crippen molar-refractivity contribution in [3.05, 3.63) is 65.7 Å². The van der Waals surface area contributed by atoms with Gasteiger partial charge in [-0.15, -0.1) is 0 Å². The van der Waals surface area contributed by atoms with Gasteiger partial charge in [0.15, 0.2) is 0 Å². The smallest absolute Gasteiger partial charge is 0.321 e. The Kier molecular flexibility index (Phi) is 7.55. The molecular formula is C18H18N2O4. The van der Waals surface area contributed by atoms with E-state index in [1.165, 1.54) is 0 Å². The lowest BCUT2D eigenvalue weighted by molar-refractivity contribution is -0.144. The zero-order chi connectivity index (χ0) is 17.9. The summed E-state index contributed by atoms with van der Waals surface area (Å²) >= 11 is 0. The lowest BCUT2D eigenvalue weighted by Gasteiger charge is -1.99. The van der Waals surface area contributed by atoms with Gasteiger partial charge in [-0.3, -0.25) is 9.59 Å². The fourth-order valence-electron chi connectivity index (χ4n) is 1.55. The van der Waals surface area contributed by atoms with E-state index in [0.717, 1.165) is 16.8 Å². The highest BCUT2D eigenvalue weighted by atomic mass is 16.4. The maximum absolute atomic E-state index is 9.85. The highest BCUT2D eigenvalue weighted by molar-refractivity contribution is 5.80. The monoisotopic (exact) mass is 326 g/mol. The van der Waals surface area contributed by atoms with Gasteiger partial charge in [0, 0.05) is 16.8 Å². The number of carboxylic acid groups (broad SMARTS) is 2. The molecule has 0 aromatic heterocycles. The average Bonchev–Trinajstić information content (AvgIpc) is 2.55. The van der Waals surface area contributed by atoms with Crippen molar-refractivity contribution in [3.8, 4) is 11.8 Å². The van der Waals surface area contributed by atoms with E-state index in [-0.39, 0.29) is 0 Å². The minimum absolute atomic E-state index is 0.532. The summed E-state index contributed by atoms with van der Waals surface area (Å²) < 4.78 is 0. The molecule has 2 rings (SSSR count). The summed E-state index contributed by atoms with van der Waals surface area (Å²) in [5.41, 5.74) is 13.2. The van der Waals surface area contributed by atoms with Gasteiger partial charge in [-0.1, -0.05) is 42.2 Å². The van der Waals surface area contributed by atoms with Crippen LogP contribution >= 0.6 is 0 Å². The standard InChI is InChI=1S/C14H11N.C4H7NO4/c15-14-9-5-4-8-13(14)11-10-12-6-2-1-3-7-12;5-2(4(8)9)1-3(6)7/h1-9H,15H2;2H,1,5H2,(H,6,7)(H,8,9)/t;2-/m.0/s1. The molecule has 0 amide bonds. The van der Waals surface area contributed by atoms with Crippen molar-refractivity contribution in [3.63, 3.8) is 0 Å². The number of anilines is 1. The van der Waals surface area contributed by atoms with E-state index in [4.69, 9.17) is 21.7 Å². The lowest BCUT2D eigenvalue weighted by Crippen LogP contribution is -2.32.